The summed E-state index contributed by atoms with van der Waals surface area (Å²) in [5.41, 5.74) is 0. The average Bonchev–Trinajstić information content (AvgIpc) is 2.19. The molecule has 0 amide bonds. The highest BCUT2D eigenvalue weighted by Gasteiger charge is 2.13. The van der Waals surface area contributed by atoms with E-state index in [2.05, 4.69) is 0 Å². The lowest BCUT2D eigenvalue weighted by molar-refractivity contribution is -0.108. The highest BCUT2D eigenvalue weighted by Crippen LogP contribution is 2.26. The van der Waals surface area contributed by atoms with Gasteiger partial charge in [0, 0.05) is 6.42 Å². The minimum Gasteiger partial charge on any atom is -0.303 e. The van der Waals surface area contributed by atoms with Crippen molar-refractivity contribution in [1.82, 2.24) is 0 Å². The number of rotatable bonds is 2. The van der Waals surface area contributed by atoms with E-state index in [0.717, 1.165) is 18.6 Å². The molecule has 0 N–H and O–H groups in total. The van der Waals surface area contributed by atoms with E-state index in [9.17, 15) is 4.79 Å². The van der Waals surface area contributed by atoms with Gasteiger partial charge in [-0.1, -0.05) is 33.1 Å². The van der Waals surface area contributed by atoms with E-state index >= 15 is 0 Å². The van der Waals surface area contributed by atoms with E-state index in [1.165, 1.54) is 25.7 Å². The van der Waals surface area contributed by atoms with Crippen molar-refractivity contribution >= 4 is 6.29 Å². The van der Waals surface area contributed by atoms with Gasteiger partial charge < -0.3 is 4.79 Å². The molecule has 0 heterocycles. The molecule has 0 spiro atoms. The predicted octanol–water partition coefficient (Wildman–Crippen LogP) is 2.40. The summed E-state index contributed by atoms with van der Waals surface area (Å²) in [6.07, 6.45) is 7.13. The summed E-state index contributed by atoms with van der Waals surface area (Å²) in [4.78, 5) is 9.96. The van der Waals surface area contributed by atoms with Gasteiger partial charge >= 0.3 is 0 Å². The number of hydrogen-bond donors (Lipinski definition) is 0. The lowest BCUT2D eigenvalue weighted by atomic mass is 10.1. The van der Waals surface area contributed by atoms with Gasteiger partial charge in [0.1, 0.15) is 6.29 Å². The maximum atomic E-state index is 9.96. The molecule has 0 aliphatic heterocycles. The molecule has 0 aromatic heterocycles. The molecule has 1 saturated carbocycles. The fraction of sp³-hybridized carbons (Fsp3) is 0.875. The summed E-state index contributed by atoms with van der Waals surface area (Å²) >= 11 is 0. The molecule has 0 aromatic carbocycles. The van der Waals surface area contributed by atoms with E-state index in [0.29, 0.717) is 0 Å². The van der Waals surface area contributed by atoms with E-state index in [-0.39, 0.29) is 7.43 Å². The fourth-order valence-corrected chi connectivity index (χ4v) is 1.38. The van der Waals surface area contributed by atoms with Crippen LogP contribution in [0.15, 0.2) is 0 Å². The maximum absolute atomic E-state index is 9.96. The van der Waals surface area contributed by atoms with Gasteiger partial charge in [0.25, 0.3) is 0 Å². The molecular formula is C8H16O. The van der Waals surface area contributed by atoms with Crippen LogP contribution in [0.5, 0.6) is 0 Å². The molecule has 1 aliphatic carbocycles. The minimum atomic E-state index is 0. The van der Waals surface area contributed by atoms with Gasteiger partial charge in [-0.3, -0.25) is 0 Å². The minimum absolute atomic E-state index is 0. The van der Waals surface area contributed by atoms with Crippen molar-refractivity contribution in [2.24, 2.45) is 5.92 Å². The molecule has 1 nitrogen and oxygen atoms in total. The van der Waals surface area contributed by atoms with Gasteiger partial charge in [0.05, 0.1) is 0 Å². The molecule has 1 fully saturated rings. The van der Waals surface area contributed by atoms with Crippen LogP contribution in [-0.2, 0) is 4.79 Å². The van der Waals surface area contributed by atoms with Gasteiger partial charge in [-0.05, 0) is 5.92 Å². The average molecular weight is 128 g/mol. The topological polar surface area (TPSA) is 17.1 Å². The Morgan fingerprint density at radius 3 is 2.33 bits per heavy atom. The zero-order valence-corrected chi connectivity index (χ0v) is 5.10. The lowest BCUT2D eigenvalue weighted by Crippen LogP contribution is -1.91. The third kappa shape index (κ3) is 2.64. The summed E-state index contributed by atoms with van der Waals surface area (Å²) < 4.78 is 0. The first kappa shape index (κ1) is 8.67. The summed E-state index contributed by atoms with van der Waals surface area (Å²) in [5, 5.41) is 0. The van der Waals surface area contributed by atoms with Gasteiger partial charge in [0.2, 0.25) is 0 Å². The number of carbonyl (C=O) groups excluding carboxylic acids is 1. The van der Waals surface area contributed by atoms with Crippen LogP contribution in [0.4, 0.5) is 0 Å². The van der Waals surface area contributed by atoms with Crippen LogP contribution in [0.2, 0.25) is 0 Å². The second-order valence-corrected chi connectivity index (χ2v) is 2.55. The van der Waals surface area contributed by atoms with E-state index in [1.807, 2.05) is 0 Å². The summed E-state index contributed by atoms with van der Waals surface area (Å²) in [6.45, 7) is 0. The molecule has 0 atom stereocenters. The first-order valence-corrected chi connectivity index (χ1v) is 3.37. The molecule has 0 saturated heterocycles. The Labute approximate surface area is 57.5 Å². The lowest BCUT2D eigenvalue weighted by Gasteiger charge is -1.98. The molecule has 0 aromatic rings. The first-order valence-electron chi connectivity index (χ1n) is 3.37. The quantitative estimate of drug-likeness (QED) is 0.522. The SMILES string of the molecule is C.O=CCC1CCCC1. The van der Waals surface area contributed by atoms with Crippen molar-refractivity contribution < 1.29 is 4.79 Å². The normalized spacial score (nSPS) is 19.1. The maximum Gasteiger partial charge on any atom is 0.120 e. The Morgan fingerprint density at radius 2 is 1.89 bits per heavy atom. The van der Waals surface area contributed by atoms with E-state index < -0.39 is 0 Å². The smallest absolute Gasteiger partial charge is 0.120 e. The highest BCUT2D eigenvalue weighted by molar-refractivity contribution is 5.49. The standard InChI is InChI=1S/C7H12O.CH4/c8-6-5-7-3-1-2-4-7;/h6-7H,1-5H2;1H4. The Morgan fingerprint density at radius 1 is 1.33 bits per heavy atom. The van der Waals surface area contributed by atoms with Crippen molar-refractivity contribution in [1.29, 1.82) is 0 Å². The van der Waals surface area contributed by atoms with Gasteiger partial charge in [-0.2, -0.15) is 0 Å². The molecule has 0 bridgehead atoms. The van der Waals surface area contributed by atoms with Gasteiger partial charge in [-0.15, -0.1) is 0 Å². The Hall–Kier alpha value is -0.330. The molecule has 9 heavy (non-hydrogen) atoms. The van der Waals surface area contributed by atoms with Crippen LogP contribution < -0.4 is 0 Å². The summed E-state index contributed by atoms with van der Waals surface area (Å²) in [7, 11) is 0. The zero-order chi connectivity index (χ0) is 5.82. The number of hydrogen-bond acceptors (Lipinski definition) is 1. The zero-order valence-electron chi connectivity index (χ0n) is 5.10. The molecule has 1 aliphatic rings. The van der Waals surface area contributed by atoms with Gasteiger partial charge in [0.15, 0.2) is 0 Å². The van der Waals surface area contributed by atoms with Crippen molar-refractivity contribution in [3.63, 3.8) is 0 Å². The van der Waals surface area contributed by atoms with Crippen LogP contribution >= 0.6 is 0 Å². The predicted molar refractivity (Wildman–Crippen MR) is 39.4 cm³/mol. The van der Waals surface area contributed by atoms with Crippen LogP contribution in [0.25, 0.3) is 0 Å². The van der Waals surface area contributed by atoms with Crippen LogP contribution in [0.3, 0.4) is 0 Å². The summed E-state index contributed by atoms with van der Waals surface area (Å²) in [5.74, 6) is 0.743. The number of aldehydes is 1. The molecule has 1 heteroatoms. The van der Waals surface area contributed by atoms with Gasteiger partial charge in [-0.25, -0.2) is 0 Å². The van der Waals surface area contributed by atoms with Crippen molar-refractivity contribution in [3.05, 3.63) is 0 Å². The highest BCUT2D eigenvalue weighted by atomic mass is 16.1. The Kier molecular flexibility index (Phi) is 4.37. The van der Waals surface area contributed by atoms with Crippen molar-refractivity contribution in [3.8, 4) is 0 Å². The van der Waals surface area contributed by atoms with Crippen LogP contribution in [0.1, 0.15) is 39.5 Å². The Balaban J connectivity index is 0.000000640. The fourth-order valence-electron chi connectivity index (χ4n) is 1.38. The van der Waals surface area contributed by atoms with Crippen molar-refractivity contribution in [2.75, 3.05) is 0 Å². The molecule has 1 rings (SSSR count). The van der Waals surface area contributed by atoms with E-state index in [1.54, 1.807) is 0 Å². The van der Waals surface area contributed by atoms with Crippen molar-refractivity contribution in [2.45, 2.75) is 39.5 Å². The third-order valence-electron chi connectivity index (χ3n) is 1.90. The first-order chi connectivity index (χ1) is 3.93. The van der Waals surface area contributed by atoms with E-state index in [4.69, 9.17) is 0 Å². The second kappa shape index (κ2) is 4.54. The molecule has 54 valence electrons. The van der Waals surface area contributed by atoms with Crippen LogP contribution in [0, 0.1) is 5.92 Å². The van der Waals surface area contributed by atoms with Crippen LogP contribution in [-0.4, -0.2) is 6.29 Å². The second-order valence-electron chi connectivity index (χ2n) is 2.55. The third-order valence-corrected chi connectivity index (χ3v) is 1.90. The monoisotopic (exact) mass is 128 g/mol. The Bertz CT molecular complexity index is 72.6. The molecular weight excluding hydrogens is 112 g/mol. The number of carbonyl (C=O) groups is 1. The molecule has 0 unspecified atom stereocenters. The summed E-state index contributed by atoms with van der Waals surface area (Å²) in [6, 6.07) is 0. The molecule has 0 radical (unpaired) electrons. The largest absolute Gasteiger partial charge is 0.303 e.